The van der Waals surface area contributed by atoms with Gasteiger partial charge in [0.1, 0.15) is 18.1 Å². The lowest BCUT2D eigenvalue weighted by Crippen LogP contribution is -2.20. The molecule has 172 valence electrons. The summed E-state index contributed by atoms with van der Waals surface area (Å²) in [6.45, 7) is 4.41. The van der Waals surface area contributed by atoms with Gasteiger partial charge in [0, 0.05) is 22.2 Å². The van der Waals surface area contributed by atoms with Gasteiger partial charge in [0.15, 0.2) is 11.0 Å². The molecule has 1 heterocycles. The molecular formula is C21H18BrCl2N5O3S. The fourth-order valence-corrected chi connectivity index (χ4v) is 4.26. The van der Waals surface area contributed by atoms with Gasteiger partial charge in [0.25, 0.3) is 5.91 Å². The van der Waals surface area contributed by atoms with Crippen LogP contribution in [0.3, 0.4) is 0 Å². The fraction of sp³-hybridized carbons (Fsp3) is 0.143. The van der Waals surface area contributed by atoms with Gasteiger partial charge < -0.3 is 9.84 Å². The molecule has 8 nitrogen and oxygen atoms in total. The number of carbonyl (C=O) groups excluding carboxylic acids is 1. The highest BCUT2D eigenvalue weighted by Gasteiger charge is 2.14. The number of hydrogen-bond donors (Lipinski definition) is 2. The smallest absolute Gasteiger partial charge is 0.250 e. The molecule has 0 radical (unpaired) electrons. The van der Waals surface area contributed by atoms with Gasteiger partial charge in [-0.05, 0) is 52.3 Å². The molecule has 0 fully saturated rings. The zero-order valence-electron chi connectivity index (χ0n) is 17.0. The number of ether oxygens (including phenoxy) is 1. The molecule has 12 heteroatoms. The average molecular weight is 571 g/mol. The van der Waals surface area contributed by atoms with Crippen molar-refractivity contribution in [3.63, 3.8) is 0 Å². The van der Waals surface area contributed by atoms with E-state index in [4.69, 9.17) is 27.9 Å². The highest BCUT2D eigenvalue weighted by molar-refractivity contribution is 9.10. The van der Waals surface area contributed by atoms with Crippen LogP contribution >= 0.6 is 50.9 Å². The molecule has 0 bridgehead atoms. The number of phenols is 1. The standard InChI is InChI=1S/C21H18BrCl2N5O3S/c1-2-7-29-18(11-32-16-5-3-14(23)4-6-16)26-28-21(29)33-12-19(30)27-25-10-13-8-15(24)9-17(22)20(13)31/h2-6,8-10,31H,1,7,11-12H2,(H,27,30). The SMILES string of the molecule is C=CCn1c(COc2ccc(Cl)cc2)nnc1SCC(=O)NN=Cc1cc(Cl)cc(Br)c1O. The van der Waals surface area contributed by atoms with Gasteiger partial charge in [-0.1, -0.05) is 41.0 Å². The number of phenolic OH excluding ortho intramolecular Hbond substituents is 1. The van der Waals surface area contributed by atoms with Crippen LogP contribution in [0.5, 0.6) is 11.5 Å². The molecule has 1 amide bonds. The second-order valence-corrected chi connectivity index (χ2v) is 9.12. The van der Waals surface area contributed by atoms with Gasteiger partial charge in [0.05, 0.1) is 16.4 Å². The Hall–Kier alpha value is -2.53. The number of carbonyl (C=O) groups is 1. The maximum Gasteiger partial charge on any atom is 0.250 e. The minimum Gasteiger partial charge on any atom is -0.506 e. The number of aromatic nitrogens is 3. The number of hydrazone groups is 1. The second-order valence-electron chi connectivity index (χ2n) is 6.45. The number of benzene rings is 2. The van der Waals surface area contributed by atoms with Crippen LogP contribution in [0.1, 0.15) is 11.4 Å². The van der Waals surface area contributed by atoms with E-state index < -0.39 is 0 Å². The van der Waals surface area contributed by atoms with Crippen molar-refractivity contribution in [1.82, 2.24) is 20.2 Å². The van der Waals surface area contributed by atoms with E-state index in [1.54, 1.807) is 36.4 Å². The Bertz CT molecular complexity index is 1170. The number of allylic oxidation sites excluding steroid dienone is 1. The molecule has 33 heavy (non-hydrogen) atoms. The van der Waals surface area contributed by atoms with E-state index in [0.717, 1.165) is 0 Å². The third kappa shape index (κ3) is 7.23. The van der Waals surface area contributed by atoms with Crippen molar-refractivity contribution in [2.45, 2.75) is 18.3 Å². The predicted octanol–water partition coefficient (Wildman–Crippen LogP) is 5.06. The molecule has 0 atom stereocenters. The highest BCUT2D eigenvalue weighted by atomic mass is 79.9. The lowest BCUT2D eigenvalue weighted by atomic mass is 10.2. The summed E-state index contributed by atoms with van der Waals surface area (Å²) in [5, 5.41) is 23.7. The molecule has 1 aromatic heterocycles. The van der Waals surface area contributed by atoms with E-state index in [2.05, 4.69) is 43.2 Å². The minimum absolute atomic E-state index is 0.0300. The van der Waals surface area contributed by atoms with E-state index in [0.29, 0.717) is 43.4 Å². The van der Waals surface area contributed by atoms with Gasteiger partial charge in [-0.15, -0.1) is 16.8 Å². The molecule has 3 aromatic rings. The normalized spacial score (nSPS) is 11.0. The summed E-state index contributed by atoms with van der Waals surface area (Å²) in [5.41, 5.74) is 2.76. The van der Waals surface area contributed by atoms with E-state index in [-0.39, 0.29) is 24.0 Å². The maximum absolute atomic E-state index is 12.2. The summed E-state index contributed by atoms with van der Waals surface area (Å²) in [6.07, 6.45) is 3.01. The Morgan fingerprint density at radius 1 is 1.27 bits per heavy atom. The van der Waals surface area contributed by atoms with Gasteiger partial charge >= 0.3 is 0 Å². The lowest BCUT2D eigenvalue weighted by Gasteiger charge is -2.09. The molecule has 0 unspecified atom stereocenters. The first-order chi connectivity index (χ1) is 15.9. The van der Waals surface area contributed by atoms with Crippen LogP contribution in [0.2, 0.25) is 10.0 Å². The fourth-order valence-electron chi connectivity index (χ4n) is 2.54. The van der Waals surface area contributed by atoms with Crippen molar-refractivity contribution >= 4 is 63.0 Å². The van der Waals surface area contributed by atoms with E-state index in [1.807, 2.05) is 4.57 Å². The van der Waals surface area contributed by atoms with Crippen molar-refractivity contribution in [2.24, 2.45) is 5.10 Å². The Morgan fingerprint density at radius 2 is 2.03 bits per heavy atom. The van der Waals surface area contributed by atoms with Crippen LogP contribution in [-0.4, -0.2) is 37.7 Å². The lowest BCUT2D eigenvalue weighted by molar-refractivity contribution is -0.118. The van der Waals surface area contributed by atoms with Crippen LogP contribution < -0.4 is 10.2 Å². The molecule has 0 aliphatic rings. The Labute approximate surface area is 212 Å². The van der Waals surface area contributed by atoms with Gasteiger partial charge in [-0.3, -0.25) is 9.36 Å². The first-order valence-electron chi connectivity index (χ1n) is 9.41. The topological polar surface area (TPSA) is 102 Å². The van der Waals surface area contributed by atoms with Gasteiger partial charge in [0.2, 0.25) is 0 Å². The summed E-state index contributed by atoms with van der Waals surface area (Å²) in [6, 6.07) is 10.1. The molecule has 0 aliphatic carbocycles. The average Bonchev–Trinajstić information content (AvgIpc) is 3.17. The van der Waals surface area contributed by atoms with Crippen molar-refractivity contribution < 1.29 is 14.6 Å². The van der Waals surface area contributed by atoms with E-state index in [1.165, 1.54) is 24.0 Å². The molecule has 3 rings (SSSR count). The van der Waals surface area contributed by atoms with Crippen molar-refractivity contribution in [3.05, 3.63) is 75.0 Å². The second kappa shape index (κ2) is 12.1. The molecule has 0 spiro atoms. The Kier molecular flexibility index (Phi) is 9.19. The quantitative estimate of drug-likeness (QED) is 0.153. The van der Waals surface area contributed by atoms with Crippen LogP contribution in [0.15, 0.2) is 63.8 Å². The van der Waals surface area contributed by atoms with E-state index >= 15 is 0 Å². The monoisotopic (exact) mass is 569 g/mol. The summed E-state index contributed by atoms with van der Waals surface area (Å²) in [5.74, 6) is 0.904. The van der Waals surface area contributed by atoms with Crippen LogP contribution in [0.25, 0.3) is 0 Å². The number of hydrogen-bond acceptors (Lipinski definition) is 7. The molecular weight excluding hydrogens is 553 g/mol. The zero-order valence-corrected chi connectivity index (χ0v) is 21.0. The van der Waals surface area contributed by atoms with E-state index in [9.17, 15) is 9.90 Å². The Morgan fingerprint density at radius 3 is 2.76 bits per heavy atom. The molecule has 2 N–H and O–H groups in total. The van der Waals surface area contributed by atoms with Crippen LogP contribution in [0, 0.1) is 0 Å². The summed E-state index contributed by atoms with van der Waals surface area (Å²) in [7, 11) is 0. The van der Waals surface area contributed by atoms with Crippen molar-refractivity contribution in [3.8, 4) is 11.5 Å². The van der Waals surface area contributed by atoms with Crippen LogP contribution in [0.4, 0.5) is 0 Å². The number of nitrogens with one attached hydrogen (secondary N) is 1. The summed E-state index contributed by atoms with van der Waals surface area (Å²) < 4.78 is 7.98. The first kappa shape index (κ1) is 25.1. The Balaban J connectivity index is 1.57. The highest BCUT2D eigenvalue weighted by Crippen LogP contribution is 2.30. The maximum atomic E-state index is 12.2. The van der Waals surface area contributed by atoms with Gasteiger partial charge in [-0.25, -0.2) is 5.43 Å². The molecule has 0 saturated carbocycles. The van der Waals surface area contributed by atoms with Crippen molar-refractivity contribution in [1.29, 1.82) is 0 Å². The predicted molar refractivity (Wildman–Crippen MR) is 133 cm³/mol. The molecule has 2 aromatic carbocycles. The minimum atomic E-state index is -0.357. The third-order valence-corrected chi connectivity index (χ3v) is 6.11. The number of nitrogens with zero attached hydrogens (tertiary/aromatic N) is 4. The third-order valence-electron chi connectivity index (χ3n) is 4.07. The van der Waals surface area contributed by atoms with Crippen molar-refractivity contribution in [2.75, 3.05) is 5.75 Å². The number of thioether (sulfide) groups is 1. The largest absolute Gasteiger partial charge is 0.506 e. The molecule has 0 aliphatic heterocycles. The zero-order chi connectivity index (χ0) is 23.8. The van der Waals surface area contributed by atoms with Gasteiger partial charge in [-0.2, -0.15) is 5.10 Å². The van der Waals surface area contributed by atoms with Crippen LogP contribution in [-0.2, 0) is 17.9 Å². The number of amides is 1. The number of halogens is 3. The first-order valence-corrected chi connectivity index (χ1v) is 11.9. The number of rotatable bonds is 10. The number of aromatic hydroxyl groups is 1. The summed E-state index contributed by atoms with van der Waals surface area (Å²) in [4.78, 5) is 12.2. The molecule has 0 saturated heterocycles. The summed E-state index contributed by atoms with van der Waals surface area (Å²) >= 11 is 16.2.